The van der Waals surface area contributed by atoms with E-state index in [1.807, 2.05) is 53.2 Å². The highest BCUT2D eigenvalue weighted by Crippen LogP contribution is 2.38. The third kappa shape index (κ3) is 2.93. The average molecular weight is 371 g/mol. The molecule has 5 heteroatoms. The van der Waals surface area contributed by atoms with E-state index in [9.17, 15) is 9.59 Å². The molecule has 1 aromatic heterocycles. The summed E-state index contributed by atoms with van der Waals surface area (Å²) in [6, 6.07) is 9.96. The fourth-order valence-electron chi connectivity index (χ4n) is 4.42. The largest absolute Gasteiger partial charge is 0.338 e. The van der Waals surface area contributed by atoms with Gasteiger partial charge in [-0.2, -0.15) is 0 Å². The number of carbonyl (C=O) groups excluding carboxylic acids is 2. The molecule has 1 aliphatic heterocycles. The lowest BCUT2D eigenvalue weighted by Gasteiger charge is -2.33. The number of nitrogens with one attached hydrogen (secondary N) is 1. The first-order valence-electron chi connectivity index (χ1n) is 9.77. The second-order valence-electron chi connectivity index (χ2n) is 7.53. The number of aromatic nitrogens is 1. The molecule has 2 aromatic rings. The van der Waals surface area contributed by atoms with Crippen LogP contribution in [0.1, 0.15) is 25.7 Å². The summed E-state index contributed by atoms with van der Waals surface area (Å²) in [4.78, 5) is 29.2. The van der Waals surface area contributed by atoms with E-state index in [1.54, 1.807) is 0 Å². The van der Waals surface area contributed by atoms with Gasteiger partial charge >= 0.3 is 0 Å². The van der Waals surface area contributed by atoms with Crippen molar-refractivity contribution in [1.82, 2.24) is 9.88 Å². The van der Waals surface area contributed by atoms with Crippen LogP contribution in [0.2, 0.25) is 0 Å². The number of carbonyl (C=O) groups is 2. The standard InChI is InChI=1S/C23H21N3O2/c27-22(14-26-12-11-15-5-1-4-8-21(15)26)24-16-9-10-18-17-6-2-3-7-19(17)23(28)25-20(18)13-16/h1,4-5,8-13,18H,2-3,6-7,14H2,(H,25,28). The van der Waals surface area contributed by atoms with Crippen molar-refractivity contribution in [1.29, 1.82) is 0 Å². The number of nitrogens with zero attached hydrogens (tertiary/aromatic N) is 2. The third-order valence-corrected chi connectivity index (χ3v) is 5.76. The maximum Gasteiger partial charge on any atom is 0.266 e. The summed E-state index contributed by atoms with van der Waals surface area (Å²) in [6.45, 7) is 0.194. The molecule has 0 fully saturated rings. The zero-order valence-electron chi connectivity index (χ0n) is 15.5. The summed E-state index contributed by atoms with van der Waals surface area (Å²) in [7, 11) is 0. The zero-order valence-corrected chi connectivity index (χ0v) is 15.5. The molecule has 140 valence electrons. The van der Waals surface area contributed by atoms with Gasteiger partial charge in [-0.15, -0.1) is 0 Å². The Kier molecular flexibility index (Phi) is 4.08. The Labute approximate surface area is 163 Å². The van der Waals surface area contributed by atoms with E-state index in [1.165, 1.54) is 5.57 Å². The van der Waals surface area contributed by atoms with Gasteiger partial charge in [-0.3, -0.25) is 9.59 Å². The highest BCUT2D eigenvalue weighted by atomic mass is 16.2. The highest BCUT2D eigenvalue weighted by Gasteiger charge is 2.33. The molecule has 5 nitrogen and oxygen atoms in total. The second kappa shape index (κ2) is 6.75. The summed E-state index contributed by atoms with van der Waals surface area (Å²) in [5.41, 5.74) is 4.64. The Morgan fingerprint density at radius 3 is 2.96 bits per heavy atom. The topological polar surface area (TPSA) is 63.5 Å². The number of fused-ring (bicyclic) bond motifs is 3. The first kappa shape index (κ1) is 16.9. The Morgan fingerprint density at radius 1 is 1.18 bits per heavy atom. The summed E-state index contributed by atoms with van der Waals surface area (Å²) in [6.07, 6.45) is 11.8. The number of aliphatic imine (C=N–C) groups is 1. The first-order valence-corrected chi connectivity index (χ1v) is 9.77. The zero-order chi connectivity index (χ0) is 19.1. The molecule has 1 N–H and O–H groups in total. The van der Waals surface area contributed by atoms with Gasteiger partial charge < -0.3 is 9.88 Å². The molecule has 28 heavy (non-hydrogen) atoms. The minimum absolute atomic E-state index is 0.0111. The lowest BCUT2D eigenvalue weighted by molar-refractivity contribution is -0.118. The van der Waals surface area contributed by atoms with E-state index in [-0.39, 0.29) is 24.3 Å². The van der Waals surface area contributed by atoms with Gasteiger partial charge in [-0.05, 0) is 60.9 Å². The van der Waals surface area contributed by atoms with Gasteiger partial charge in [0.05, 0.1) is 5.71 Å². The van der Waals surface area contributed by atoms with Crippen molar-refractivity contribution in [3.8, 4) is 0 Å². The Bertz CT molecular complexity index is 1110. The predicted molar refractivity (Wildman–Crippen MR) is 109 cm³/mol. The van der Waals surface area contributed by atoms with Crippen LogP contribution in [0.4, 0.5) is 0 Å². The smallest absolute Gasteiger partial charge is 0.266 e. The number of rotatable bonds is 2. The van der Waals surface area contributed by atoms with E-state index in [2.05, 4.69) is 16.4 Å². The van der Waals surface area contributed by atoms with E-state index >= 15 is 0 Å². The van der Waals surface area contributed by atoms with E-state index < -0.39 is 0 Å². The number of para-hydroxylation sites is 1. The van der Waals surface area contributed by atoms with Gasteiger partial charge in [0.25, 0.3) is 11.8 Å². The number of benzene rings is 1. The lowest BCUT2D eigenvalue weighted by Crippen LogP contribution is -2.37. The number of hydrogen-bond acceptors (Lipinski definition) is 2. The van der Waals surface area contributed by atoms with Crippen molar-refractivity contribution in [2.45, 2.75) is 32.2 Å². The normalized spacial score (nSPS) is 22.7. The Morgan fingerprint density at radius 2 is 2.04 bits per heavy atom. The van der Waals surface area contributed by atoms with Crippen molar-refractivity contribution in [2.24, 2.45) is 10.9 Å². The molecule has 0 saturated heterocycles. The summed E-state index contributed by atoms with van der Waals surface area (Å²) < 4.78 is 1.91. The van der Waals surface area contributed by atoms with Crippen LogP contribution in [0.15, 0.2) is 76.6 Å². The third-order valence-electron chi connectivity index (χ3n) is 5.76. The summed E-state index contributed by atoms with van der Waals surface area (Å²) in [5.74, 6) is -0.0801. The Balaban J connectivity index is 1.38. The maximum atomic E-state index is 12.5. The number of hydrogen-bond donors (Lipinski definition) is 1. The van der Waals surface area contributed by atoms with Crippen LogP contribution in [-0.4, -0.2) is 22.1 Å². The SMILES string of the molecule is O=C(Cn1ccc2ccccc21)N=C1C=CC2C(=C1)NC(=O)C1=C2CCCC1. The average Bonchev–Trinajstić information content (AvgIpc) is 3.11. The van der Waals surface area contributed by atoms with Crippen molar-refractivity contribution >= 4 is 28.4 Å². The molecule has 5 rings (SSSR count). The van der Waals surface area contributed by atoms with Crippen LogP contribution in [-0.2, 0) is 16.1 Å². The fourth-order valence-corrected chi connectivity index (χ4v) is 4.42. The van der Waals surface area contributed by atoms with Crippen molar-refractivity contribution in [2.75, 3.05) is 0 Å². The molecular weight excluding hydrogens is 350 g/mol. The highest BCUT2D eigenvalue weighted by molar-refractivity contribution is 6.11. The van der Waals surface area contributed by atoms with Gasteiger partial charge in [0, 0.05) is 28.9 Å². The molecule has 2 amide bonds. The maximum absolute atomic E-state index is 12.5. The fraction of sp³-hybridized carbons (Fsp3) is 0.261. The van der Waals surface area contributed by atoms with Gasteiger partial charge in [-0.25, -0.2) is 4.99 Å². The molecule has 0 spiro atoms. The predicted octanol–water partition coefficient (Wildman–Crippen LogP) is 3.68. The van der Waals surface area contributed by atoms with Crippen LogP contribution in [0.5, 0.6) is 0 Å². The van der Waals surface area contributed by atoms with Gasteiger partial charge in [0.1, 0.15) is 6.54 Å². The van der Waals surface area contributed by atoms with Crippen LogP contribution in [0, 0.1) is 5.92 Å². The molecule has 2 aliphatic carbocycles. The molecule has 2 heterocycles. The van der Waals surface area contributed by atoms with Crippen LogP contribution in [0.25, 0.3) is 10.9 Å². The van der Waals surface area contributed by atoms with Gasteiger partial charge in [-0.1, -0.05) is 24.3 Å². The molecule has 1 atom stereocenters. The molecule has 1 aromatic carbocycles. The minimum atomic E-state index is -0.212. The second-order valence-corrected chi connectivity index (χ2v) is 7.53. The van der Waals surface area contributed by atoms with Crippen LogP contribution in [0.3, 0.4) is 0 Å². The molecular formula is C23H21N3O2. The van der Waals surface area contributed by atoms with Crippen LogP contribution >= 0.6 is 0 Å². The molecule has 0 radical (unpaired) electrons. The van der Waals surface area contributed by atoms with Gasteiger partial charge in [0.2, 0.25) is 0 Å². The van der Waals surface area contributed by atoms with Gasteiger partial charge in [0.15, 0.2) is 0 Å². The van der Waals surface area contributed by atoms with Crippen molar-refractivity contribution in [3.63, 3.8) is 0 Å². The minimum Gasteiger partial charge on any atom is -0.338 e. The summed E-state index contributed by atoms with van der Waals surface area (Å²) in [5, 5.41) is 4.11. The number of amides is 2. The first-order chi connectivity index (χ1) is 13.7. The molecule has 3 aliphatic rings. The molecule has 1 unspecified atom stereocenters. The summed E-state index contributed by atoms with van der Waals surface area (Å²) >= 11 is 0. The Hall–Kier alpha value is -3.21. The van der Waals surface area contributed by atoms with Crippen molar-refractivity contribution in [3.05, 3.63) is 71.6 Å². The van der Waals surface area contributed by atoms with Crippen molar-refractivity contribution < 1.29 is 9.59 Å². The number of allylic oxidation sites excluding steroid dienone is 3. The lowest BCUT2D eigenvalue weighted by atomic mass is 9.77. The quantitative estimate of drug-likeness (QED) is 0.875. The van der Waals surface area contributed by atoms with E-state index in [0.717, 1.165) is 47.9 Å². The monoisotopic (exact) mass is 371 g/mol. The molecule has 0 saturated carbocycles. The van der Waals surface area contributed by atoms with Crippen LogP contribution < -0.4 is 5.32 Å². The van der Waals surface area contributed by atoms with E-state index in [4.69, 9.17) is 0 Å². The molecule has 0 bridgehead atoms. The van der Waals surface area contributed by atoms with E-state index in [0.29, 0.717) is 5.71 Å².